The van der Waals surface area contributed by atoms with E-state index in [1.54, 1.807) is 0 Å². The molecule has 2 nitrogen and oxygen atoms in total. The number of alkyl halides is 2. The van der Waals surface area contributed by atoms with Crippen molar-refractivity contribution in [1.29, 1.82) is 0 Å². The Labute approximate surface area is 122 Å². The molecule has 1 N–H and O–H groups in total. The average molecular weight is 334 g/mol. The smallest absolute Gasteiger partial charge is 0.310 e. The van der Waals surface area contributed by atoms with Gasteiger partial charge in [0.05, 0.1) is 10.0 Å². The number of hydrogen-bond donors (Lipinski definition) is 1. The Morgan fingerprint density at radius 2 is 1.65 bits per heavy atom. The summed E-state index contributed by atoms with van der Waals surface area (Å²) in [5.41, 5.74) is 0.499. The first kappa shape index (κ1) is 13.6. The van der Waals surface area contributed by atoms with Crippen LogP contribution >= 0.6 is 58.0 Å². The molecule has 1 aliphatic carbocycles. The van der Waals surface area contributed by atoms with Crippen LogP contribution in [0.5, 0.6) is 0 Å². The van der Waals surface area contributed by atoms with Gasteiger partial charge in [-0.3, -0.25) is 4.79 Å². The number of carbonyl (C=O) groups is 1. The molecule has 0 aromatic heterocycles. The third-order valence-electron chi connectivity index (χ3n) is 2.69. The van der Waals surface area contributed by atoms with Crippen LogP contribution in [-0.2, 0) is 4.79 Å². The minimum absolute atomic E-state index is 0.284. The van der Waals surface area contributed by atoms with Gasteiger partial charge in [0.15, 0.2) is 0 Å². The lowest BCUT2D eigenvalue weighted by Gasteiger charge is -2.05. The second-order valence-corrected chi connectivity index (χ2v) is 6.42. The summed E-state index contributed by atoms with van der Waals surface area (Å²) in [5.74, 6) is -2.53. The maximum atomic E-state index is 11.0. The first-order chi connectivity index (χ1) is 7.76. The van der Waals surface area contributed by atoms with E-state index in [1.165, 1.54) is 12.1 Å². The van der Waals surface area contributed by atoms with Crippen LogP contribution in [0.1, 0.15) is 11.5 Å². The third-order valence-corrected chi connectivity index (χ3v) is 4.68. The predicted molar refractivity (Wildman–Crippen MR) is 69.8 cm³/mol. The average Bonchev–Trinajstić information content (AvgIpc) is 2.75. The van der Waals surface area contributed by atoms with Gasteiger partial charge in [-0.2, -0.15) is 0 Å². The summed E-state index contributed by atoms with van der Waals surface area (Å²) in [6, 6.07) is 2.95. The molecule has 2 rings (SSSR count). The van der Waals surface area contributed by atoms with Crippen molar-refractivity contribution in [3.8, 4) is 0 Å². The topological polar surface area (TPSA) is 37.3 Å². The van der Waals surface area contributed by atoms with Gasteiger partial charge >= 0.3 is 5.97 Å². The quantitative estimate of drug-likeness (QED) is 0.633. The number of carboxylic acids is 1. The fourth-order valence-electron chi connectivity index (χ4n) is 1.80. The highest BCUT2D eigenvalue weighted by Crippen LogP contribution is 2.66. The normalized spacial score (nSPS) is 25.7. The molecule has 0 bridgehead atoms. The van der Waals surface area contributed by atoms with E-state index < -0.39 is 22.1 Å². The Hall–Kier alpha value is 0.140. The fraction of sp³-hybridized carbons (Fsp3) is 0.300. The van der Waals surface area contributed by atoms with E-state index in [-0.39, 0.29) is 5.02 Å². The van der Waals surface area contributed by atoms with Crippen molar-refractivity contribution in [3.05, 3.63) is 32.8 Å². The summed E-state index contributed by atoms with van der Waals surface area (Å²) >= 11 is 29.5. The predicted octanol–water partition coefficient (Wildman–Crippen LogP) is 4.62. The molecule has 2 atom stereocenters. The number of hydrogen-bond acceptors (Lipinski definition) is 1. The Balaban J connectivity index is 2.44. The summed E-state index contributed by atoms with van der Waals surface area (Å²) in [6.45, 7) is 0. The van der Waals surface area contributed by atoms with Crippen molar-refractivity contribution >= 4 is 64.0 Å². The molecule has 92 valence electrons. The van der Waals surface area contributed by atoms with Crippen LogP contribution in [0.2, 0.25) is 15.1 Å². The molecule has 7 heteroatoms. The number of carboxylic acid groups (broad SMARTS) is 1. The lowest BCUT2D eigenvalue weighted by molar-refractivity contribution is -0.138. The van der Waals surface area contributed by atoms with Gasteiger partial charge in [0.25, 0.3) is 0 Å². The van der Waals surface area contributed by atoms with Crippen molar-refractivity contribution in [2.75, 3.05) is 0 Å². The summed E-state index contributed by atoms with van der Waals surface area (Å²) in [4.78, 5) is 11.0. The van der Waals surface area contributed by atoms with Crippen LogP contribution in [0, 0.1) is 5.92 Å². The monoisotopic (exact) mass is 332 g/mol. The van der Waals surface area contributed by atoms with E-state index in [9.17, 15) is 4.79 Å². The maximum Gasteiger partial charge on any atom is 0.310 e. The molecule has 1 aromatic carbocycles. The molecule has 0 saturated heterocycles. The van der Waals surface area contributed by atoms with Crippen LogP contribution < -0.4 is 0 Å². The molecule has 1 aromatic rings. The highest BCUT2D eigenvalue weighted by atomic mass is 35.5. The highest BCUT2D eigenvalue weighted by Gasteiger charge is 2.68. The number of rotatable bonds is 2. The van der Waals surface area contributed by atoms with Gasteiger partial charge in [-0.05, 0) is 17.7 Å². The van der Waals surface area contributed by atoms with Crippen molar-refractivity contribution in [3.63, 3.8) is 0 Å². The van der Waals surface area contributed by atoms with Crippen LogP contribution in [0.3, 0.4) is 0 Å². The summed E-state index contributed by atoms with van der Waals surface area (Å²) in [5, 5.41) is 9.85. The van der Waals surface area contributed by atoms with Crippen LogP contribution in [0.15, 0.2) is 12.1 Å². The molecule has 17 heavy (non-hydrogen) atoms. The Bertz CT molecular complexity index is 500. The van der Waals surface area contributed by atoms with Crippen molar-refractivity contribution < 1.29 is 9.90 Å². The molecule has 0 amide bonds. The summed E-state index contributed by atoms with van der Waals surface area (Å²) in [6.07, 6.45) is 0. The second kappa shape index (κ2) is 4.36. The van der Waals surface area contributed by atoms with Crippen LogP contribution in [0.25, 0.3) is 0 Å². The highest BCUT2D eigenvalue weighted by molar-refractivity contribution is 6.53. The zero-order chi connectivity index (χ0) is 13.0. The van der Waals surface area contributed by atoms with Gasteiger partial charge < -0.3 is 5.11 Å². The second-order valence-electron chi connectivity index (χ2n) is 3.76. The molecule has 0 unspecified atom stereocenters. The molecule has 1 aliphatic rings. The Morgan fingerprint density at radius 1 is 1.12 bits per heavy atom. The van der Waals surface area contributed by atoms with Crippen LogP contribution in [0.4, 0.5) is 0 Å². The number of halogens is 5. The maximum absolute atomic E-state index is 11.0. The molecule has 0 aliphatic heterocycles. The van der Waals surface area contributed by atoms with Gasteiger partial charge in [0.1, 0.15) is 10.3 Å². The minimum atomic E-state index is -1.35. The lowest BCUT2D eigenvalue weighted by atomic mass is 10.1. The minimum Gasteiger partial charge on any atom is -0.481 e. The van der Waals surface area contributed by atoms with Gasteiger partial charge in [-0.15, -0.1) is 0 Å². The first-order valence-electron chi connectivity index (χ1n) is 4.52. The lowest BCUT2D eigenvalue weighted by Crippen LogP contribution is -2.03. The van der Waals surface area contributed by atoms with Crippen LogP contribution in [-0.4, -0.2) is 15.4 Å². The van der Waals surface area contributed by atoms with E-state index in [0.717, 1.165) is 0 Å². The van der Waals surface area contributed by atoms with Crippen molar-refractivity contribution in [1.82, 2.24) is 0 Å². The number of aliphatic carboxylic acids is 1. The largest absolute Gasteiger partial charge is 0.481 e. The zero-order valence-electron chi connectivity index (χ0n) is 8.05. The van der Waals surface area contributed by atoms with Gasteiger partial charge in [-0.1, -0.05) is 58.0 Å². The third kappa shape index (κ3) is 2.22. The van der Waals surface area contributed by atoms with Gasteiger partial charge in [0, 0.05) is 10.9 Å². The zero-order valence-corrected chi connectivity index (χ0v) is 11.8. The van der Waals surface area contributed by atoms with E-state index >= 15 is 0 Å². The molecule has 0 spiro atoms. The van der Waals surface area contributed by atoms with Gasteiger partial charge in [0.2, 0.25) is 0 Å². The fourth-order valence-corrected chi connectivity index (χ4v) is 3.27. The molecule has 1 saturated carbocycles. The number of benzene rings is 1. The van der Waals surface area contributed by atoms with Crippen molar-refractivity contribution in [2.45, 2.75) is 10.3 Å². The first-order valence-corrected chi connectivity index (χ1v) is 6.41. The summed E-state index contributed by atoms with van der Waals surface area (Å²) < 4.78 is -1.35. The van der Waals surface area contributed by atoms with E-state index in [4.69, 9.17) is 63.1 Å². The Kier molecular flexibility index (Phi) is 3.48. The Morgan fingerprint density at radius 3 is 2.12 bits per heavy atom. The van der Waals surface area contributed by atoms with Crippen molar-refractivity contribution in [2.24, 2.45) is 5.92 Å². The standard InChI is InChI=1S/C10H5Cl5O2/c11-4-2-6(13)5(12)1-3(4)7-8(9(16)17)10(7,14)15/h1-2,7-8H,(H,16,17)/t7-,8+/m1/s1. The van der Waals surface area contributed by atoms with E-state index in [0.29, 0.717) is 15.6 Å². The molecule has 1 fully saturated rings. The molecular weight excluding hydrogens is 329 g/mol. The molecular formula is C10H5Cl5O2. The SMILES string of the molecule is O=C(O)[C@@H]1[C@@H](c2cc(Cl)c(Cl)cc2Cl)C1(Cl)Cl. The molecule has 0 heterocycles. The van der Waals surface area contributed by atoms with E-state index in [1.807, 2.05) is 0 Å². The van der Waals surface area contributed by atoms with Gasteiger partial charge in [-0.25, -0.2) is 0 Å². The summed E-state index contributed by atoms with van der Waals surface area (Å²) in [7, 11) is 0. The molecule has 0 radical (unpaired) electrons. The van der Waals surface area contributed by atoms with E-state index in [2.05, 4.69) is 0 Å².